The lowest BCUT2D eigenvalue weighted by Crippen LogP contribution is -2.45. The van der Waals surface area contributed by atoms with Gasteiger partial charge in [0.25, 0.3) is 0 Å². The number of aromatic nitrogens is 1. The third kappa shape index (κ3) is 5.09. The van der Waals surface area contributed by atoms with Crippen molar-refractivity contribution in [2.45, 2.75) is 32.1 Å². The molecule has 28 heavy (non-hydrogen) atoms. The molecule has 2 heterocycles. The van der Waals surface area contributed by atoms with Gasteiger partial charge in [0.1, 0.15) is 0 Å². The van der Waals surface area contributed by atoms with Gasteiger partial charge in [-0.05, 0) is 35.7 Å². The van der Waals surface area contributed by atoms with E-state index in [9.17, 15) is 22.8 Å². The summed E-state index contributed by atoms with van der Waals surface area (Å²) in [5, 5.41) is 2.83. The highest BCUT2D eigenvalue weighted by Gasteiger charge is 2.32. The summed E-state index contributed by atoms with van der Waals surface area (Å²) in [7, 11) is 0. The number of carbonyl (C=O) groups is 2. The Morgan fingerprint density at radius 1 is 1.21 bits per heavy atom. The number of hydrogen-bond donors (Lipinski definition) is 1. The molecular weight excluding hydrogens is 371 g/mol. The van der Waals surface area contributed by atoms with Gasteiger partial charge in [-0.3, -0.25) is 14.6 Å². The van der Waals surface area contributed by atoms with Crippen LogP contribution in [-0.2, 0) is 28.9 Å². The highest BCUT2D eigenvalue weighted by atomic mass is 19.4. The maximum absolute atomic E-state index is 12.9. The first-order valence-corrected chi connectivity index (χ1v) is 8.93. The Labute approximate surface area is 160 Å². The second kappa shape index (κ2) is 8.41. The minimum atomic E-state index is -4.43. The monoisotopic (exact) mass is 391 g/mol. The zero-order chi connectivity index (χ0) is 20.1. The number of hydrogen-bond acceptors (Lipinski definition) is 3. The first-order valence-electron chi connectivity index (χ1n) is 8.93. The van der Waals surface area contributed by atoms with Crippen LogP contribution in [0.25, 0.3) is 0 Å². The fraction of sp³-hybridized carbons (Fsp3) is 0.350. The van der Waals surface area contributed by atoms with E-state index in [1.807, 2.05) is 6.07 Å². The van der Waals surface area contributed by atoms with E-state index in [1.54, 1.807) is 24.5 Å². The van der Waals surface area contributed by atoms with Crippen LogP contribution in [0.1, 0.15) is 29.5 Å². The van der Waals surface area contributed by atoms with E-state index >= 15 is 0 Å². The van der Waals surface area contributed by atoms with E-state index in [-0.39, 0.29) is 37.2 Å². The molecule has 1 N–H and O–H groups in total. The fourth-order valence-electron chi connectivity index (χ4n) is 3.18. The Bertz CT molecular complexity index is 840. The van der Waals surface area contributed by atoms with Gasteiger partial charge in [-0.2, -0.15) is 13.2 Å². The molecule has 1 aliphatic heterocycles. The van der Waals surface area contributed by atoms with Crippen molar-refractivity contribution in [2.75, 3.05) is 6.54 Å². The molecule has 1 aliphatic rings. The molecule has 2 amide bonds. The maximum Gasteiger partial charge on any atom is 0.416 e. The zero-order valence-corrected chi connectivity index (χ0v) is 15.1. The molecule has 5 nitrogen and oxygen atoms in total. The summed E-state index contributed by atoms with van der Waals surface area (Å²) in [6.45, 7) is 0.577. The van der Waals surface area contributed by atoms with Crippen molar-refractivity contribution >= 4 is 11.8 Å². The molecule has 0 radical (unpaired) electrons. The van der Waals surface area contributed by atoms with Crippen molar-refractivity contribution in [3.63, 3.8) is 0 Å². The number of piperidine rings is 1. The van der Waals surface area contributed by atoms with Crippen LogP contribution in [0.5, 0.6) is 0 Å². The van der Waals surface area contributed by atoms with Crippen molar-refractivity contribution in [1.29, 1.82) is 0 Å². The lowest BCUT2D eigenvalue weighted by molar-refractivity contribution is -0.139. The van der Waals surface area contributed by atoms with Crippen LogP contribution in [0.3, 0.4) is 0 Å². The van der Waals surface area contributed by atoms with Crippen LogP contribution >= 0.6 is 0 Å². The molecule has 2 aromatic rings. The lowest BCUT2D eigenvalue weighted by Gasteiger charge is -2.32. The lowest BCUT2D eigenvalue weighted by atomic mass is 9.96. The minimum absolute atomic E-state index is 0.0507. The Morgan fingerprint density at radius 3 is 2.71 bits per heavy atom. The Kier molecular flexibility index (Phi) is 5.96. The number of carbonyl (C=O) groups excluding carboxylic acids is 2. The number of halogens is 3. The molecular formula is C20H20F3N3O2. The van der Waals surface area contributed by atoms with Crippen LogP contribution in [0.15, 0.2) is 48.8 Å². The molecule has 1 saturated heterocycles. The van der Waals surface area contributed by atoms with Crippen molar-refractivity contribution in [1.82, 2.24) is 15.2 Å². The van der Waals surface area contributed by atoms with Crippen molar-refractivity contribution in [3.8, 4) is 0 Å². The number of amides is 2. The summed E-state index contributed by atoms with van der Waals surface area (Å²) in [5.41, 5.74) is 0.503. The normalized spacial score (nSPS) is 17.5. The quantitative estimate of drug-likeness (QED) is 0.852. The van der Waals surface area contributed by atoms with Gasteiger partial charge in [-0.15, -0.1) is 0 Å². The number of nitrogens with one attached hydrogen (secondary N) is 1. The van der Waals surface area contributed by atoms with E-state index in [1.165, 1.54) is 11.0 Å². The van der Waals surface area contributed by atoms with Gasteiger partial charge >= 0.3 is 6.18 Å². The number of benzene rings is 1. The Balaban J connectivity index is 1.61. The number of rotatable bonds is 5. The molecule has 8 heteroatoms. The fourth-order valence-corrected chi connectivity index (χ4v) is 3.18. The van der Waals surface area contributed by atoms with E-state index in [0.717, 1.165) is 17.7 Å². The molecule has 0 bridgehead atoms. The van der Waals surface area contributed by atoms with E-state index < -0.39 is 11.7 Å². The van der Waals surface area contributed by atoms with Crippen molar-refractivity contribution < 1.29 is 22.8 Å². The van der Waals surface area contributed by atoms with Crippen LogP contribution in [-0.4, -0.2) is 28.2 Å². The molecule has 3 rings (SSSR count). The van der Waals surface area contributed by atoms with Crippen LogP contribution in [0.2, 0.25) is 0 Å². The van der Waals surface area contributed by atoms with Gasteiger partial charge in [0.15, 0.2) is 0 Å². The van der Waals surface area contributed by atoms with Crippen molar-refractivity contribution in [3.05, 3.63) is 65.5 Å². The first kappa shape index (κ1) is 19.9. The predicted molar refractivity (Wildman–Crippen MR) is 95.7 cm³/mol. The summed E-state index contributed by atoms with van der Waals surface area (Å²) in [6, 6.07) is 8.53. The smallest absolute Gasteiger partial charge is 0.352 e. The van der Waals surface area contributed by atoms with Gasteiger partial charge in [-0.1, -0.05) is 18.2 Å². The number of likely N-dealkylation sites (tertiary alicyclic amines) is 1. The van der Waals surface area contributed by atoms with Gasteiger partial charge in [-0.25, -0.2) is 0 Å². The predicted octanol–water partition coefficient (Wildman–Crippen LogP) is 3.16. The summed E-state index contributed by atoms with van der Waals surface area (Å²) >= 11 is 0. The summed E-state index contributed by atoms with van der Waals surface area (Å²) in [4.78, 5) is 30.1. The van der Waals surface area contributed by atoms with E-state index in [2.05, 4.69) is 10.3 Å². The number of alkyl halides is 3. The third-order valence-electron chi connectivity index (χ3n) is 4.69. The molecule has 1 atom stereocenters. The molecule has 148 valence electrons. The largest absolute Gasteiger partial charge is 0.416 e. The van der Waals surface area contributed by atoms with Gasteiger partial charge in [0.05, 0.1) is 11.5 Å². The number of pyridine rings is 1. The molecule has 1 fully saturated rings. The molecule has 1 aromatic heterocycles. The second-order valence-corrected chi connectivity index (χ2v) is 6.79. The van der Waals surface area contributed by atoms with E-state index in [0.29, 0.717) is 18.5 Å². The molecule has 0 unspecified atom stereocenters. The van der Waals surface area contributed by atoms with Gasteiger partial charge in [0.2, 0.25) is 11.8 Å². The second-order valence-electron chi connectivity index (χ2n) is 6.79. The zero-order valence-electron chi connectivity index (χ0n) is 15.1. The maximum atomic E-state index is 12.9. The number of nitrogens with zero attached hydrogens (tertiary/aromatic N) is 2. The molecule has 0 aliphatic carbocycles. The average molecular weight is 391 g/mol. The third-order valence-corrected chi connectivity index (χ3v) is 4.69. The van der Waals surface area contributed by atoms with Crippen LogP contribution in [0, 0.1) is 5.92 Å². The standard InChI is InChI=1S/C20H20F3N3O2/c21-20(22,23)17-5-1-3-14(9-17)12-26-13-16(6-7-18(26)27)19(28)25-11-15-4-2-8-24-10-15/h1-5,8-10,16H,6-7,11-13H2,(H,25,28)/t16-/m1/s1. The molecule has 0 saturated carbocycles. The summed E-state index contributed by atoms with van der Waals surface area (Å²) < 4.78 is 38.6. The van der Waals surface area contributed by atoms with Crippen molar-refractivity contribution in [2.24, 2.45) is 5.92 Å². The topological polar surface area (TPSA) is 62.3 Å². The highest BCUT2D eigenvalue weighted by molar-refractivity contribution is 5.83. The Morgan fingerprint density at radius 2 is 2.00 bits per heavy atom. The SMILES string of the molecule is O=C(NCc1cccnc1)[C@@H]1CCC(=O)N(Cc2cccc(C(F)(F)F)c2)C1. The average Bonchev–Trinajstić information content (AvgIpc) is 2.68. The highest BCUT2D eigenvalue weighted by Crippen LogP contribution is 2.30. The summed E-state index contributed by atoms with van der Waals surface area (Å²) in [5.74, 6) is -0.723. The minimum Gasteiger partial charge on any atom is -0.352 e. The van der Waals surface area contributed by atoms with Crippen LogP contribution < -0.4 is 5.32 Å². The first-order chi connectivity index (χ1) is 13.3. The molecule has 0 spiro atoms. The van der Waals surface area contributed by atoms with Gasteiger partial charge in [0, 0.05) is 38.4 Å². The van der Waals surface area contributed by atoms with Crippen LogP contribution in [0.4, 0.5) is 13.2 Å². The van der Waals surface area contributed by atoms with Gasteiger partial charge < -0.3 is 10.2 Å². The Hall–Kier alpha value is -2.90. The molecule has 1 aromatic carbocycles. The van der Waals surface area contributed by atoms with E-state index in [4.69, 9.17) is 0 Å². The summed E-state index contributed by atoms with van der Waals surface area (Å²) in [6.07, 6.45) is -0.508.